The molecule has 0 saturated carbocycles. The van der Waals surface area contributed by atoms with E-state index in [4.69, 9.17) is 9.47 Å². The highest BCUT2D eigenvalue weighted by atomic mass is 16.5. The van der Waals surface area contributed by atoms with Gasteiger partial charge in [0.1, 0.15) is 0 Å². The lowest BCUT2D eigenvalue weighted by Gasteiger charge is -2.21. The first kappa shape index (κ1) is 19.3. The third-order valence-electron chi connectivity index (χ3n) is 3.55. The van der Waals surface area contributed by atoms with Crippen LogP contribution in [-0.4, -0.2) is 37.4 Å². The van der Waals surface area contributed by atoms with Crippen LogP contribution in [-0.2, 0) is 0 Å². The second-order valence-electron chi connectivity index (χ2n) is 6.21. The Kier molecular flexibility index (Phi) is 7.89. The molecule has 1 aromatic carbocycles. The molecule has 5 heteroatoms. The topological polar surface area (TPSA) is 67.8 Å². The number of aliphatic hydroxyl groups excluding tert-OH is 1. The number of ether oxygens (including phenoxy) is 2. The van der Waals surface area contributed by atoms with E-state index in [1.807, 2.05) is 27.7 Å². The van der Waals surface area contributed by atoms with Gasteiger partial charge in [0.2, 0.25) is 0 Å². The van der Waals surface area contributed by atoms with Gasteiger partial charge in [-0.05, 0) is 50.3 Å². The minimum atomic E-state index is -0.129. The number of carbonyl (C=O) groups is 1. The fourth-order valence-electron chi connectivity index (χ4n) is 2.14. The van der Waals surface area contributed by atoms with E-state index in [1.165, 1.54) is 0 Å². The van der Waals surface area contributed by atoms with Crippen molar-refractivity contribution in [1.82, 2.24) is 5.32 Å². The van der Waals surface area contributed by atoms with Gasteiger partial charge in [-0.15, -0.1) is 0 Å². The highest BCUT2D eigenvalue weighted by Gasteiger charge is 2.16. The molecule has 0 heterocycles. The van der Waals surface area contributed by atoms with Crippen LogP contribution in [0.1, 0.15) is 50.9 Å². The zero-order valence-corrected chi connectivity index (χ0v) is 14.6. The van der Waals surface area contributed by atoms with Crippen LogP contribution >= 0.6 is 0 Å². The lowest BCUT2D eigenvalue weighted by molar-refractivity contribution is 0.0948. The number of carbonyl (C=O) groups excluding carboxylic acids is 1. The zero-order chi connectivity index (χ0) is 17.3. The van der Waals surface area contributed by atoms with Gasteiger partial charge in [0.15, 0.2) is 11.5 Å². The summed E-state index contributed by atoms with van der Waals surface area (Å²) in [6, 6.07) is 5.21. The molecule has 1 aromatic rings. The van der Waals surface area contributed by atoms with Crippen molar-refractivity contribution in [2.24, 2.45) is 5.41 Å². The highest BCUT2D eigenvalue weighted by Crippen LogP contribution is 2.28. The molecule has 1 rings (SSSR count). The monoisotopic (exact) mass is 323 g/mol. The molecular formula is C18H29NO4. The molecule has 0 aliphatic carbocycles. The first-order valence-corrected chi connectivity index (χ1v) is 8.22. The molecule has 5 nitrogen and oxygen atoms in total. The normalized spacial score (nSPS) is 11.2. The predicted molar refractivity (Wildman–Crippen MR) is 91.2 cm³/mol. The largest absolute Gasteiger partial charge is 0.490 e. The van der Waals surface area contributed by atoms with E-state index in [0.717, 1.165) is 12.8 Å². The van der Waals surface area contributed by atoms with Crippen LogP contribution in [0.25, 0.3) is 0 Å². The van der Waals surface area contributed by atoms with Crippen LogP contribution in [0.2, 0.25) is 0 Å². The van der Waals surface area contributed by atoms with Gasteiger partial charge in [-0.3, -0.25) is 4.79 Å². The maximum absolute atomic E-state index is 12.2. The van der Waals surface area contributed by atoms with Gasteiger partial charge in [0.05, 0.1) is 13.2 Å². The smallest absolute Gasteiger partial charge is 0.251 e. The minimum absolute atomic E-state index is 0.105. The molecule has 0 fully saturated rings. The number of amides is 1. The first-order valence-electron chi connectivity index (χ1n) is 8.22. The lowest BCUT2D eigenvalue weighted by atomic mass is 9.89. The molecular weight excluding hydrogens is 294 g/mol. The van der Waals surface area contributed by atoms with E-state index in [0.29, 0.717) is 36.8 Å². The molecule has 0 spiro atoms. The Morgan fingerprint density at radius 2 is 1.83 bits per heavy atom. The SMILES string of the molecule is CCOc1ccc(C(=O)NCCCC(C)(C)CO)cc1OCC. The van der Waals surface area contributed by atoms with Gasteiger partial charge in [0.25, 0.3) is 5.91 Å². The third kappa shape index (κ3) is 6.48. The molecule has 0 aliphatic heterocycles. The van der Waals surface area contributed by atoms with Crippen molar-refractivity contribution in [3.8, 4) is 11.5 Å². The van der Waals surface area contributed by atoms with Crippen molar-refractivity contribution >= 4 is 5.91 Å². The average molecular weight is 323 g/mol. The number of aliphatic hydroxyl groups is 1. The van der Waals surface area contributed by atoms with Crippen LogP contribution in [0.3, 0.4) is 0 Å². The molecule has 0 atom stereocenters. The van der Waals surface area contributed by atoms with Crippen LogP contribution in [0, 0.1) is 5.41 Å². The van der Waals surface area contributed by atoms with Gasteiger partial charge >= 0.3 is 0 Å². The van der Waals surface area contributed by atoms with E-state index >= 15 is 0 Å². The minimum Gasteiger partial charge on any atom is -0.490 e. The van der Waals surface area contributed by atoms with Gasteiger partial charge in [-0.2, -0.15) is 0 Å². The number of benzene rings is 1. The van der Waals surface area contributed by atoms with Crippen LogP contribution < -0.4 is 14.8 Å². The Bertz CT molecular complexity index is 500. The maximum Gasteiger partial charge on any atom is 0.251 e. The number of nitrogens with one attached hydrogen (secondary N) is 1. The molecule has 1 amide bonds. The number of hydrogen-bond donors (Lipinski definition) is 2. The van der Waals surface area contributed by atoms with Crippen LogP contribution in [0.5, 0.6) is 11.5 Å². The summed E-state index contributed by atoms with van der Waals surface area (Å²) in [5, 5.41) is 12.1. The van der Waals surface area contributed by atoms with E-state index in [1.54, 1.807) is 18.2 Å². The van der Waals surface area contributed by atoms with Crippen molar-refractivity contribution < 1.29 is 19.4 Å². The lowest BCUT2D eigenvalue weighted by Crippen LogP contribution is -2.26. The standard InChI is InChI=1S/C18H29NO4/c1-5-22-15-9-8-14(12-16(15)23-6-2)17(21)19-11-7-10-18(3,4)13-20/h8-9,12,20H,5-7,10-11,13H2,1-4H3,(H,19,21). The van der Waals surface area contributed by atoms with Crippen molar-refractivity contribution in [3.63, 3.8) is 0 Å². The van der Waals surface area contributed by atoms with Crippen LogP contribution in [0.15, 0.2) is 18.2 Å². The van der Waals surface area contributed by atoms with Crippen molar-refractivity contribution in [2.75, 3.05) is 26.4 Å². The Hall–Kier alpha value is -1.75. The first-order chi connectivity index (χ1) is 10.9. The summed E-state index contributed by atoms with van der Waals surface area (Å²) in [7, 11) is 0. The quantitative estimate of drug-likeness (QED) is 0.650. The summed E-state index contributed by atoms with van der Waals surface area (Å²) in [6.45, 7) is 9.62. The summed E-state index contributed by atoms with van der Waals surface area (Å²) in [6.07, 6.45) is 1.69. The molecule has 130 valence electrons. The summed E-state index contributed by atoms with van der Waals surface area (Å²) >= 11 is 0. The van der Waals surface area contributed by atoms with E-state index in [-0.39, 0.29) is 17.9 Å². The van der Waals surface area contributed by atoms with Crippen molar-refractivity contribution in [1.29, 1.82) is 0 Å². The summed E-state index contributed by atoms with van der Waals surface area (Å²) < 4.78 is 11.0. The Labute approximate surface area is 139 Å². The molecule has 0 radical (unpaired) electrons. The summed E-state index contributed by atoms with van der Waals surface area (Å²) in [5.74, 6) is 1.11. The summed E-state index contributed by atoms with van der Waals surface area (Å²) in [4.78, 5) is 12.2. The molecule has 0 aromatic heterocycles. The fraction of sp³-hybridized carbons (Fsp3) is 0.611. The zero-order valence-electron chi connectivity index (χ0n) is 14.6. The second kappa shape index (κ2) is 9.40. The van der Waals surface area contributed by atoms with Crippen molar-refractivity contribution in [3.05, 3.63) is 23.8 Å². The molecule has 23 heavy (non-hydrogen) atoms. The Morgan fingerprint density at radius 1 is 1.17 bits per heavy atom. The number of rotatable bonds is 10. The van der Waals surface area contributed by atoms with Crippen LogP contribution in [0.4, 0.5) is 0 Å². The predicted octanol–water partition coefficient (Wildman–Crippen LogP) is 3.01. The Balaban J connectivity index is 2.60. The second-order valence-corrected chi connectivity index (χ2v) is 6.21. The summed E-state index contributed by atoms with van der Waals surface area (Å²) in [5.41, 5.74) is 0.449. The van der Waals surface area contributed by atoms with E-state index in [2.05, 4.69) is 5.32 Å². The average Bonchev–Trinajstić information content (AvgIpc) is 2.53. The highest BCUT2D eigenvalue weighted by molar-refractivity contribution is 5.94. The van der Waals surface area contributed by atoms with Gasteiger partial charge in [0, 0.05) is 18.7 Å². The maximum atomic E-state index is 12.2. The molecule has 0 bridgehead atoms. The van der Waals surface area contributed by atoms with Gasteiger partial charge < -0.3 is 19.9 Å². The fourth-order valence-corrected chi connectivity index (χ4v) is 2.14. The molecule has 0 saturated heterocycles. The molecule has 0 unspecified atom stereocenters. The third-order valence-corrected chi connectivity index (χ3v) is 3.55. The Morgan fingerprint density at radius 3 is 2.43 bits per heavy atom. The van der Waals surface area contributed by atoms with Crippen molar-refractivity contribution in [2.45, 2.75) is 40.5 Å². The molecule has 2 N–H and O–H groups in total. The van der Waals surface area contributed by atoms with Gasteiger partial charge in [-0.1, -0.05) is 13.8 Å². The van der Waals surface area contributed by atoms with E-state index < -0.39 is 0 Å². The number of hydrogen-bond acceptors (Lipinski definition) is 4. The van der Waals surface area contributed by atoms with E-state index in [9.17, 15) is 9.90 Å². The van der Waals surface area contributed by atoms with Gasteiger partial charge in [-0.25, -0.2) is 0 Å². The molecule has 0 aliphatic rings.